The third-order valence-electron chi connectivity index (χ3n) is 2.31. The first-order chi connectivity index (χ1) is 7.41. The topological polar surface area (TPSA) is 40.5 Å². The Bertz CT molecular complexity index is 396. The van der Waals surface area contributed by atoms with Gasteiger partial charge in [-0.25, -0.2) is 0 Å². The molecule has 3 nitrogen and oxygen atoms in total. The summed E-state index contributed by atoms with van der Waals surface area (Å²) in [5, 5.41) is 9.50. The fraction of sp³-hybridized carbons (Fsp3) is 0.364. The van der Waals surface area contributed by atoms with Gasteiger partial charge in [-0.15, -0.1) is 0 Å². The predicted molar refractivity (Wildman–Crippen MR) is 67.8 cm³/mol. The van der Waals surface area contributed by atoms with Crippen molar-refractivity contribution in [2.75, 3.05) is 14.1 Å². The lowest BCUT2D eigenvalue weighted by Crippen LogP contribution is -2.23. The lowest BCUT2D eigenvalue weighted by Gasteiger charge is -2.24. The van der Waals surface area contributed by atoms with Crippen LogP contribution < -0.4 is 0 Å². The molecule has 0 aromatic heterocycles. The zero-order chi connectivity index (χ0) is 12.3. The highest BCUT2D eigenvalue weighted by molar-refractivity contribution is 9.10. The number of nitrogens with zero attached hydrogens (tertiary/aromatic N) is 1. The molecule has 1 aromatic carbocycles. The molecular weight excluding hydrogens is 293 g/mol. The van der Waals surface area contributed by atoms with Crippen LogP contribution in [0.1, 0.15) is 18.0 Å². The van der Waals surface area contributed by atoms with Crippen LogP contribution in [0.25, 0.3) is 0 Å². The van der Waals surface area contributed by atoms with Gasteiger partial charge in [0.25, 0.3) is 0 Å². The van der Waals surface area contributed by atoms with Gasteiger partial charge in [0.05, 0.1) is 6.42 Å². The summed E-state index contributed by atoms with van der Waals surface area (Å²) < 4.78 is 0.833. The second-order valence-electron chi connectivity index (χ2n) is 3.74. The summed E-state index contributed by atoms with van der Waals surface area (Å²) in [6.45, 7) is 0. The quantitative estimate of drug-likeness (QED) is 0.929. The summed E-state index contributed by atoms with van der Waals surface area (Å²) in [5.41, 5.74) is 0.928. The predicted octanol–water partition coefficient (Wildman–Crippen LogP) is 3.18. The van der Waals surface area contributed by atoms with Crippen LogP contribution in [0.2, 0.25) is 5.02 Å². The largest absolute Gasteiger partial charge is 0.481 e. The Kier molecular flexibility index (Phi) is 4.77. The van der Waals surface area contributed by atoms with Crippen LogP contribution >= 0.6 is 27.5 Å². The number of carboxylic acids is 1. The molecule has 0 aliphatic carbocycles. The summed E-state index contributed by atoms with van der Waals surface area (Å²) in [4.78, 5) is 12.7. The van der Waals surface area contributed by atoms with E-state index in [2.05, 4.69) is 15.9 Å². The van der Waals surface area contributed by atoms with Gasteiger partial charge in [0.2, 0.25) is 0 Å². The van der Waals surface area contributed by atoms with E-state index >= 15 is 0 Å². The van der Waals surface area contributed by atoms with Gasteiger partial charge < -0.3 is 10.0 Å². The maximum Gasteiger partial charge on any atom is 0.305 e. The van der Waals surface area contributed by atoms with E-state index in [1.165, 1.54) is 0 Å². The van der Waals surface area contributed by atoms with Crippen LogP contribution in [0.4, 0.5) is 0 Å². The van der Waals surface area contributed by atoms with Crippen molar-refractivity contribution < 1.29 is 9.90 Å². The Morgan fingerprint density at radius 2 is 2.19 bits per heavy atom. The lowest BCUT2D eigenvalue weighted by atomic mass is 10.0. The Morgan fingerprint density at radius 1 is 1.56 bits per heavy atom. The molecule has 1 atom stereocenters. The van der Waals surface area contributed by atoms with Gasteiger partial charge in [0.1, 0.15) is 0 Å². The van der Waals surface area contributed by atoms with Gasteiger partial charge in [0, 0.05) is 15.5 Å². The SMILES string of the molecule is CN(C)C(CC(=O)O)c1ccc(Cl)cc1Br. The molecule has 0 spiro atoms. The first-order valence-corrected chi connectivity index (χ1v) is 5.92. The molecule has 1 N–H and O–H groups in total. The van der Waals surface area contributed by atoms with Crippen LogP contribution in [0, 0.1) is 0 Å². The van der Waals surface area contributed by atoms with Crippen molar-refractivity contribution in [3.63, 3.8) is 0 Å². The number of carboxylic acid groups (broad SMARTS) is 1. The Labute approximate surface area is 108 Å². The number of carbonyl (C=O) groups is 1. The summed E-state index contributed by atoms with van der Waals surface area (Å²) in [5.74, 6) is -0.819. The molecule has 0 amide bonds. The van der Waals surface area contributed by atoms with Crippen molar-refractivity contribution in [1.82, 2.24) is 4.90 Å². The fourth-order valence-corrected chi connectivity index (χ4v) is 2.45. The maximum atomic E-state index is 10.8. The molecule has 0 heterocycles. The molecular formula is C11H13BrClNO2. The van der Waals surface area contributed by atoms with Crippen LogP contribution in [0.3, 0.4) is 0 Å². The van der Waals surface area contributed by atoms with Crippen molar-refractivity contribution in [2.45, 2.75) is 12.5 Å². The van der Waals surface area contributed by atoms with Gasteiger partial charge in [-0.1, -0.05) is 33.6 Å². The zero-order valence-corrected chi connectivity index (χ0v) is 11.4. The highest BCUT2D eigenvalue weighted by Crippen LogP contribution is 2.31. The van der Waals surface area contributed by atoms with Crippen LogP contribution in [-0.4, -0.2) is 30.1 Å². The van der Waals surface area contributed by atoms with Crippen molar-refractivity contribution in [3.8, 4) is 0 Å². The molecule has 16 heavy (non-hydrogen) atoms. The molecule has 1 aromatic rings. The number of aliphatic carboxylic acids is 1. The van der Waals surface area contributed by atoms with Gasteiger partial charge in [-0.2, -0.15) is 0 Å². The third-order valence-corrected chi connectivity index (χ3v) is 3.23. The van der Waals surface area contributed by atoms with E-state index in [9.17, 15) is 4.79 Å². The molecule has 1 unspecified atom stereocenters. The number of hydrogen-bond donors (Lipinski definition) is 1. The van der Waals surface area contributed by atoms with E-state index in [1.807, 2.05) is 25.1 Å². The lowest BCUT2D eigenvalue weighted by molar-refractivity contribution is -0.138. The molecule has 0 aliphatic rings. The Hall–Kier alpha value is -0.580. The van der Waals surface area contributed by atoms with Gasteiger partial charge in [-0.05, 0) is 31.8 Å². The van der Waals surface area contributed by atoms with Crippen molar-refractivity contribution in [1.29, 1.82) is 0 Å². The van der Waals surface area contributed by atoms with E-state index in [0.29, 0.717) is 5.02 Å². The molecule has 5 heteroatoms. The molecule has 0 bridgehead atoms. The monoisotopic (exact) mass is 305 g/mol. The number of benzene rings is 1. The van der Waals surface area contributed by atoms with E-state index in [4.69, 9.17) is 16.7 Å². The minimum Gasteiger partial charge on any atom is -0.481 e. The Morgan fingerprint density at radius 3 is 2.62 bits per heavy atom. The van der Waals surface area contributed by atoms with E-state index < -0.39 is 5.97 Å². The summed E-state index contributed by atoms with van der Waals surface area (Å²) >= 11 is 9.25. The molecule has 0 radical (unpaired) electrons. The van der Waals surface area contributed by atoms with E-state index in [1.54, 1.807) is 12.1 Å². The van der Waals surface area contributed by atoms with E-state index in [-0.39, 0.29) is 12.5 Å². The van der Waals surface area contributed by atoms with Crippen LogP contribution in [0.15, 0.2) is 22.7 Å². The molecule has 0 aliphatic heterocycles. The highest BCUT2D eigenvalue weighted by Gasteiger charge is 2.20. The average molecular weight is 307 g/mol. The summed E-state index contributed by atoms with van der Waals surface area (Å²) in [6, 6.07) is 5.22. The summed E-state index contributed by atoms with van der Waals surface area (Å²) in [7, 11) is 3.71. The smallest absolute Gasteiger partial charge is 0.305 e. The molecule has 0 saturated heterocycles. The number of halogens is 2. The maximum absolute atomic E-state index is 10.8. The third kappa shape index (κ3) is 3.47. The normalized spacial score (nSPS) is 12.8. The second-order valence-corrected chi connectivity index (χ2v) is 5.03. The average Bonchev–Trinajstić information content (AvgIpc) is 2.14. The van der Waals surface area contributed by atoms with Gasteiger partial charge in [0.15, 0.2) is 0 Å². The molecule has 0 fully saturated rings. The molecule has 1 rings (SSSR count). The minimum absolute atomic E-state index is 0.0627. The number of hydrogen-bond acceptors (Lipinski definition) is 2. The zero-order valence-electron chi connectivity index (χ0n) is 9.08. The molecule has 88 valence electrons. The van der Waals surface area contributed by atoms with Crippen molar-refractivity contribution >= 4 is 33.5 Å². The fourth-order valence-electron chi connectivity index (χ4n) is 1.51. The van der Waals surface area contributed by atoms with Crippen molar-refractivity contribution in [3.05, 3.63) is 33.3 Å². The Balaban J connectivity index is 3.05. The van der Waals surface area contributed by atoms with Gasteiger partial charge in [-0.3, -0.25) is 4.79 Å². The standard InChI is InChI=1S/C11H13BrClNO2/c1-14(2)10(6-11(15)16)8-4-3-7(13)5-9(8)12/h3-5,10H,6H2,1-2H3,(H,15,16). The van der Waals surface area contributed by atoms with Crippen LogP contribution in [-0.2, 0) is 4.79 Å². The van der Waals surface area contributed by atoms with Crippen LogP contribution in [0.5, 0.6) is 0 Å². The second kappa shape index (κ2) is 5.66. The summed E-state index contributed by atoms with van der Waals surface area (Å²) in [6.07, 6.45) is 0.0627. The van der Waals surface area contributed by atoms with E-state index in [0.717, 1.165) is 10.0 Å². The first kappa shape index (κ1) is 13.5. The van der Waals surface area contributed by atoms with Crippen molar-refractivity contribution in [2.24, 2.45) is 0 Å². The van der Waals surface area contributed by atoms with Gasteiger partial charge >= 0.3 is 5.97 Å². The first-order valence-electron chi connectivity index (χ1n) is 4.75. The minimum atomic E-state index is -0.819. The molecule has 0 saturated carbocycles. The number of rotatable bonds is 4. The highest BCUT2D eigenvalue weighted by atomic mass is 79.9.